The molecule has 0 radical (unpaired) electrons. The second-order valence-electron chi connectivity index (χ2n) is 8.39. The van der Waals surface area contributed by atoms with Crippen molar-refractivity contribution in [2.45, 2.75) is 51.3 Å². The molecule has 4 aromatic rings. The topological polar surface area (TPSA) is 91.7 Å². The van der Waals surface area contributed by atoms with E-state index in [1.54, 1.807) is 32.3 Å². The molecular weight excluding hydrogens is 409 g/mol. The number of benzene rings is 1. The van der Waals surface area contributed by atoms with E-state index in [2.05, 4.69) is 25.3 Å². The quantitative estimate of drug-likeness (QED) is 0.445. The van der Waals surface area contributed by atoms with Crippen LogP contribution in [-0.2, 0) is 6.54 Å². The molecule has 1 aliphatic carbocycles. The molecule has 0 amide bonds. The highest BCUT2D eigenvalue weighted by atomic mass is 19.3. The van der Waals surface area contributed by atoms with Crippen LogP contribution < -0.4 is 5.32 Å². The number of aliphatic hydroxyl groups is 1. The summed E-state index contributed by atoms with van der Waals surface area (Å²) in [5.41, 5.74) is 1.48. The summed E-state index contributed by atoms with van der Waals surface area (Å²) in [4.78, 5) is 16.0. The van der Waals surface area contributed by atoms with Gasteiger partial charge in [0.1, 0.15) is 17.0 Å². The Morgan fingerprint density at radius 1 is 1.32 bits per heavy atom. The summed E-state index contributed by atoms with van der Waals surface area (Å²) in [5, 5.41) is 13.7. The number of anilines is 1. The van der Waals surface area contributed by atoms with E-state index in [9.17, 15) is 18.3 Å². The second kappa shape index (κ2) is 6.94. The first kappa shape index (κ1) is 19.8. The SMILES string of the molecule is Cc1nc2c(F)cc(-c3c[nH]c4nc(N[C@H]5C[C@@](C)(O)C5)ncc34)cc2n1CC(F)F. The fraction of sp³-hybridized carbons (Fsp3) is 0.381. The van der Waals surface area contributed by atoms with E-state index in [4.69, 9.17) is 0 Å². The van der Waals surface area contributed by atoms with Crippen molar-refractivity contribution in [3.05, 3.63) is 36.2 Å². The van der Waals surface area contributed by atoms with Gasteiger partial charge in [-0.05, 0) is 44.4 Å². The van der Waals surface area contributed by atoms with Crippen LogP contribution in [0.1, 0.15) is 25.6 Å². The Kier molecular flexibility index (Phi) is 4.44. The van der Waals surface area contributed by atoms with Gasteiger partial charge in [0.25, 0.3) is 6.43 Å². The number of nitrogens with one attached hydrogen (secondary N) is 2. The maximum Gasteiger partial charge on any atom is 0.256 e. The Bertz CT molecular complexity index is 1290. The van der Waals surface area contributed by atoms with Gasteiger partial charge in [0.15, 0.2) is 5.82 Å². The van der Waals surface area contributed by atoms with Gasteiger partial charge in [-0.3, -0.25) is 0 Å². The number of nitrogens with zero attached hydrogens (tertiary/aromatic N) is 4. The Labute approximate surface area is 175 Å². The average Bonchev–Trinajstić information content (AvgIpc) is 3.22. The molecule has 162 valence electrons. The van der Waals surface area contributed by atoms with E-state index in [1.165, 1.54) is 10.6 Å². The minimum atomic E-state index is -2.57. The van der Waals surface area contributed by atoms with E-state index in [-0.39, 0.29) is 11.6 Å². The molecule has 0 saturated heterocycles. The highest BCUT2D eigenvalue weighted by molar-refractivity contribution is 5.96. The first-order valence-corrected chi connectivity index (χ1v) is 9.98. The number of halogens is 3. The van der Waals surface area contributed by atoms with Gasteiger partial charge in [0, 0.05) is 29.4 Å². The van der Waals surface area contributed by atoms with E-state index in [1.807, 2.05) is 0 Å². The Morgan fingerprint density at radius 3 is 2.81 bits per heavy atom. The molecule has 0 aliphatic heterocycles. The molecule has 3 heterocycles. The first-order chi connectivity index (χ1) is 14.7. The molecule has 5 rings (SSSR count). The van der Waals surface area contributed by atoms with Crippen molar-refractivity contribution in [3.8, 4) is 11.1 Å². The molecule has 10 heteroatoms. The van der Waals surface area contributed by atoms with Gasteiger partial charge < -0.3 is 20.0 Å². The summed E-state index contributed by atoms with van der Waals surface area (Å²) >= 11 is 0. The molecule has 1 aromatic carbocycles. The third-order valence-electron chi connectivity index (χ3n) is 5.77. The van der Waals surface area contributed by atoms with E-state index >= 15 is 0 Å². The maximum atomic E-state index is 14.7. The highest BCUT2D eigenvalue weighted by Gasteiger charge is 2.38. The Hall–Kier alpha value is -3.14. The van der Waals surface area contributed by atoms with Crippen LogP contribution in [0.15, 0.2) is 24.5 Å². The third-order valence-corrected chi connectivity index (χ3v) is 5.77. The van der Waals surface area contributed by atoms with Crippen LogP contribution >= 0.6 is 0 Å². The predicted octanol–water partition coefficient (Wildman–Crippen LogP) is 4.01. The number of fused-ring (bicyclic) bond motifs is 2. The van der Waals surface area contributed by atoms with Crippen molar-refractivity contribution >= 4 is 28.0 Å². The first-order valence-electron chi connectivity index (χ1n) is 9.98. The number of hydrogen-bond acceptors (Lipinski definition) is 5. The molecule has 31 heavy (non-hydrogen) atoms. The van der Waals surface area contributed by atoms with Gasteiger partial charge in [0.2, 0.25) is 5.95 Å². The van der Waals surface area contributed by atoms with E-state index in [0.29, 0.717) is 52.3 Å². The average molecular weight is 430 g/mol. The van der Waals surface area contributed by atoms with E-state index < -0.39 is 24.4 Å². The van der Waals surface area contributed by atoms with E-state index in [0.717, 1.165) is 0 Å². The molecule has 7 nitrogen and oxygen atoms in total. The van der Waals surface area contributed by atoms with Crippen LogP contribution in [-0.4, -0.2) is 47.7 Å². The van der Waals surface area contributed by atoms with Gasteiger partial charge >= 0.3 is 0 Å². The Balaban J connectivity index is 1.51. The second-order valence-corrected chi connectivity index (χ2v) is 8.39. The molecular formula is C21H21F3N6O. The zero-order valence-electron chi connectivity index (χ0n) is 17.0. The smallest absolute Gasteiger partial charge is 0.256 e. The van der Waals surface area contributed by atoms with Crippen LogP contribution in [0.3, 0.4) is 0 Å². The Morgan fingerprint density at radius 2 is 2.10 bits per heavy atom. The van der Waals surface area contributed by atoms with Gasteiger partial charge in [-0.1, -0.05) is 0 Å². The molecule has 1 fully saturated rings. The lowest BCUT2D eigenvalue weighted by Crippen LogP contribution is -2.48. The van der Waals surface area contributed by atoms with Crippen LogP contribution in [0.2, 0.25) is 0 Å². The lowest BCUT2D eigenvalue weighted by molar-refractivity contribution is -0.0235. The minimum Gasteiger partial charge on any atom is -0.390 e. The number of imidazole rings is 1. The number of hydrogen-bond donors (Lipinski definition) is 3. The monoisotopic (exact) mass is 430 g/mol. The zero-order chi connectivity index (χ0) is 21.9. The normalized spacial score (nSPS) is 21.2. The molecule has 0 bridgehead atoms. The fourth-order valence-electron chi connectivity index (χ4n) is 4.32. The molecule has 1 saturated carbocycles. The summed E-state index contributed by atoms with van der Waals surface area (Å²) in [7, 11) is 0. The summed E-state index contributed by atoms with van der Waals surface area (Å²) in [6.45, 7) is 2.82. The van der Waals surface area contributed by atoms with Crippen molar-refractivity contribution in [1.82, 2.24) is 24.5 Å². The lowest BCUT2D eigenvalue weighted by Gasteiger charge is -2.41. The van der Waals surface area contributed by atoms with Gasteiger partial charge in [-0.15, -0.1) is 0 Å². The summed E-state index contributed by atoms with van der Waals surface area (Å²) < 4.78 is 42.1. The largest absolute Gasteiger partial charge is 0.390 e. The van der Waals surface area contributed by atoms with Crippen LogP contribution in [0, 0.1) is 12.7 Å². The third kappa shape index (κ3) is 3.50. The van der Waals surface area contributed by atoms with Gasteiger partial charge in [0.05, 0.1) is 17.7 Å². The maximum absolute atomic E-state index is 14.7. The number of H-pyrrole nitrogens is 1. The van der Waals surface area contributed by atoms with Crippen LogP contribution in [0.4, 0.5) is 19.1 Å². The summed E-state index contributed by atoms with van der Waals surface area (Å²) in [6.07, 6.45) is 2.00. The lowest BCUT2D eigenvalue weighted by atomic mass is 9.77. The number of alkyl halides is 2. The zero-order valence-corrected chi connectivity index (χ0v) is 17.0. The van der Waals surface area contributed by atoms with Crippen molar-refractivity contribution < 1.29 is 18.3 Å². The number of rotatable bonds is 5. The predicted molar refractivity (Wildman–Crippen MR) is 111 cm³/mol. The molecule has 0 spiro atoms. The summed E-state index contributed by atoms with van der Waals surface area (Å²) in [5.74, 6) is 0.196. The summed E-state index contributed by atoms with van der Waals surface area (Å²) in [6, 6.07) is 3.11. The molecule has 0 unspecified atom stereocenters. The molecule has 1 aliphatic rings. The standard InChI is InChI=1S/C21H21F3N6O/c1-10-27-18-15(22)3-11(4-16(18)30(10)9-17(23)24)13-7-25-19-14(13)8-26-20(29-19)28-12-5-21(2,31)6-12/h3-4,7-8,12,17,31H,5-6,9H2,1-2H3,(H2,25,26,28,29)/t12-,21+. The highest BCUT2D eigenvalue weighted by Crippen LogP contribution is 2.35. The fourth-order valence-corrected chi connectivity index (χ4v) is 4.32. The minimum absolute atomic E-state index is 0.0702. The molecule has 0 atom stereocenters. The van der Waals surface area contributed by atoms with Crippen LogP contribution in [0.5, 0.6) is 0 Å². The number of aromatic nitrogens is 5. The van der Waals surface area contributed by atoms with Crippen molar-refractivity contribution in [3.63, 3.8) is 0 Å². The molecule has 3 N–H and O–H groups in total. The molecule has 3 aromatic heterocycles. The van der Waals surface area contributed by atoms with Crippen molar-refractivity contribution in [1.29, 1.82) is 0 Å². The van der Waals surface area contributed by atoms with Gasteiger partial charge in [-0.2, -0.15) is 4.98 Å². The van der Waals surface area contributed by atoms with Crippen LogP contribution in [0.25, 0.3) is 33.2 Å². The van der Waals surface area contributed by atoms with Gasteiger partial charge in [-0.25, -0.2) is 23.1 Å². The number of aromatic amines is 1. The number of aryl methyl sites for hydroxylation is 1. The van der Waals surface area contributed by atoms with Crippen molar-refractivity contribution in [2.75, 3.05) is 5.32 Å². The van der Waals surface area contributed by atoms with Crippen molar-refractivity contribution in [2.24, 2.45) is 0 Å².